The van der Waals surface area contributed by atoms with Gasteiger partial charge in [-0.25, -0.2) is 9.97 Å². The Morgan fingerprint density at radius 1 is 0.843 bits per heavy atom. The lowest BCUT2D eigenvalue weighted by Gasteiger charge is -2.28. The number of rotatable bonds is 6. The van der Waals surface area contributed by atoms with Crippen LogP contribution in [-0.2, 0) is 22.6 Å². The lowest BCUT2D eigenvalue weighted by molar-refractivity contribution is -0.136. The van der Waals surface area contributed by atoms with Crippen LogP contribution in [-0.4, -0.2) is 95.1 Å². The van der Waals surface area contributed by atoms with Crippen molar-refractivity contribution in [1.29, 1.82) is 0 Å². The average molecular weight is 694 g/mol. The number of amides is 5. The monoisotopic (exact) mass is 693 g/mol. The molecule has 1 atom stereocenters. The second-order valence-electron chi connectivity index (χ2n) is 13.8. The summed E-state index contributed by atoms with van der Waals surface area (Å²) in [6.07, 6.45) is 8.76. The van der Waals surface area contributed by atoms with E-state index in [-0.39, 0.29) is 24.4 Å². The molecule has 14 heteroatoms. The van der Waals surface area contributed by atoms with Crippen molar-refractivity contribution in [2.45, 2.75) is 64.0 Å². The Bertz CT molecular complexity index is 1890. The molecule has 3 fully saturated rings. The third kappa shape index (κ3) is 7.13. The summed E-state index contributed by atoms with van der Waals surface area (Å²) in [5.41, 5.74) is 10.9. The fourth-order valence-corrected chi connectivity index (χ4v) is 7.46. The lowest BCUT2D eigenvalue weighted by atomic mass is 9.99. The Kier molecular flexibility index (Phi) is 9.67. The summed E-state index contributed by atoms with van der Waals surface area (Å²) < 4.78 is 0. The second-order valence-corrected chi connectivity index (χ2v) is 13.8. The first kappa shape index (κ1) is 34.1. The van der Waals surface area contributed by atoms with Gasteiger partial charge in [-0.3, -0.25) is 34.2 Å². The van der Waals surface area contributed by atoms with Gasteiger partial charge in [-0.05, 0) is 93.5 Å². The fraction of sp³-hybridized carbons (Fsp3) is 0.432. The molecule has 0 radical (unpaired) electrons. The largest absolute Gasteiger partial charge is 0.372 e. The Hall–Kier alpha value is -5.37. The number of piperidine rings is 2. The maximum atomic E-state index is 12.7. The van der Waals surface area contributed by atoms with E-state index in [2.05, 4.69) is 54.5 Å². The quantitative estimate of drug-likeness (QED) is 0.324. The minimum atomic E-state index is -0.912. The number of nitrogens with zero attached hydrogens (tertiary/aromatic N) is 6. The summed E-state index contributed by atoms with van der Waals surface area (Å²) in [5, 5.41) is 5.48. The molecule has 51 heavy (non-hydrogen) atoms. The van der Waals surface area contributed by atoms with Gasteiger partial charge < -0.3 is 25.8 Å². The van der Waals surface area contributed by atoms with Crippen LogP contribution in [0.4, 0.5) is 23.0 Å². The first-order valence-electron chi connectivity index (χ1n) is 17.8. The molecule has 0 saturated carbocycles. The van der Waals surface area contributed by atoms with Crippen LogP contribution in [0.2, 0.25) is 0 Å². The van der Waals surface area contributed by atoms with Crippen molar-refractivity contribution in [3.05, 3.63) is 70.5 Å². The summed E-state index contributed by atoms with van der Waals surface area (Å²) in [4.78, 5) is 77.1. The van der Waals surface area contributed by atoms with E-state index in [0.29, 0.717) is 16.9 Å². The molecule has 3 saturated heterocycles. The maximum absolute atomic E-state index is 12.7. The molecule has 1 unspecified atom stereocenters. The molecule has 3 aromatic rings. The number of benzene rings is 2. The topological polar surface area (TPSA) is 174 Å². The minimum absolute atomic E-state index is 0.128. The average Bonchev–Trinajstić information content (AvgIpc) is 3.76. The van der Waals surface area contributed by atoms with E-state index in [1.165, 1.54) is 17.5 Å². The molecule has 8 rings (SSSR count). The van der Waals surface area contributed by atoms with Gasteiger partial charge in [0.25, 0.3) is 17.7 Å². The number of primary amides is 1. The Morgan fingerprint density at radius 2 is 1.57 bits per heavy atom. The van der Waals surface area contributed by atoms with Crippen molar-refractivity contribution in [1.82, 2.24) is 25.1 Å². The summed E-state index contributed by atoms with van der Waals surface area (Å²) in [7, 11) is 2.13. The van der Waals surface area contributed by atoms with Crippen LogP contribution < -0.4 is 26.2 Å². The lowest BCUT2D eigenvalue weighted by Crippen LogP contribution is -2.54. The SMILES string of the molecule is CN1CCc2cc(Nc3nc(N4CCCCC4)cnc3C(N)=O)ccc2C1.O=C1CCC(N2C(=O)c3ccc(N4CCCC4)cc3C2=O)C(=O)N1. The van der Waals surface area contributed by atoms with Crippen molar-refractivity contribution in [2.24, 2.45) is 5.73 Å². The summed E-state index contributed by atoms with van der Waals surface area (Å²) in [6.45, 7) is 5.84. The normalized spacial score (nSPS) is 20.4. The molecule has 0 aliphatic carbocycles. The summed E-state index contributed by atoms with van der Waals surface area (Å²) in [6, 6.07) is 10.6. The number of carbonyl (C=O) groups is 5. The van der Waals surface area contributed by atoms with Crippen LogP contribution in [0.15, 0.2) is 42.6 Å². The smallest absolute Gasteiger partial charge is 0.271 e. The molecule has 2 aromatic carbocycles. The Labute approximate surface area is 296 Å². The van der Waals surface area contributed by atoms with Gasteiger partial charge in [-0.2, -0.15) is 0 Å². The third-order valence-electron chi connectivity index (χ3n) is 10.2. The van der Waals surface area contributed by atoms with Crippen LogP contribution in [0.25, 0.3) is 0 Å². The van der Waals surface area contributed by atoms with Gasteiger partial charge in [0.05, 0.1) is 17.3 Å². The van der Waals surface area contributed by atoms with Crippen LogP contribution in [0, 0.1) is 0 Å². The standard InChI is InChI=1S/C20H26N6O.C17H17N3O4/c1-25-10-7-14-11-16(6-5-15(14)13-25)23-20-18(19(21)27)22-12-17(24-20)26-8-3-2-4-9-26;21-14-6-5-13(15(22)18-14)20-16(23)11-4-3-10(9-12(11)17(20)24)19-7-1-2-8-19/h5-6,11-12H,2-4,7-10,13H2,1H3,(H2,21,27)(H,23,24);3-4,9,13H,1-2,5-8H2,(H,18,21,22). The highest BCUT2D eigenvalue weighted by atomic mass is 16.2. The van der Waals surface area contributed by atoms with Gasteiger partial charge in [-0.15, -0.1) is 0 Å². The maximum Gasteiger partial charge on any atom is 0.271 e. The van der Waals surface area contributed by atoms with Gasteiger partial charge in [0.15, 0.2) is 11.5 Å². The number of nitrogens with two attached hydrogens (primary N) is 1. The van der Waals surface area contributed by atoms with Crippen LogP contribution in [0.1, 0.15) is 87.3 Å². The molecule has 5 aliphatic rings. The molecule has 1 aromatic heterocycles. The van der Waals surface area contributed by atoms with Crippen molar-refractivity contribution in [2.75, 3.05) is 54.9 Å². The van der Waals surface area contributed by atoms with Gasteiger partial charge in [0.2, 0.25) is 11.8 Å². The number of carbonyl (C=O) groups excluding carboxylic acids is 5. The first-order valence-corrected chi connectivity index (χ1v) is 17.8. The van der Waals surface area contributed by atoms with Crippen molar-refractivity contribution >= 4 is 52.5 Å². The van der Waals surface area contributed by atoms with E-state index in [1.807, 2.05) is 12.1 Å². The molecule has 6 heterocycles. The van der Waals surface area contributed by atoms with Gasteiger partial charge in [-0.1, -0.05) is 6.07 Å². The number of likely N-dealkylation sites (N-methyl/N-ethyl adjacent to an activating group) is 1. The summed E-state index contributed by atoms with van der Waals surface area (Å²) in [5.74, 6) is -1.22. The van der Waals surface area contributed by atoms with E-state index in [0.717, 1.165) is 93.5 Å². The van der Waals surface area contributed by atoms with E-state index in [1.54, 1.807) is 18.3 Å². The van der Waals surface area contributed by atoms with E-state index < -0.39 is 29.7 Å². The zero-order valence-electron chi connectivity index (χ0n) is 28.8. The number of imide groups is 2. The summed E-state index contributed by atoms with van der Waals surface area (Å²) >= 11 is 0. The van der Waals surface area contributed by atoms with Crippen molar-refractivity contribution < 1.29 is 24.0 Å². The predicted molar refractivity (Wildman–Crippen MR) is 191 cm³/mol. The fourth-order valence-electron chi connectivity index (χ4n) is 7.46. The molecule has 5 amide bonds. The van der Waals surface area contributed by atoms with Gasteiger partial charge in [0.1, 0.15) is 11.9 Å². The number of anilines is 4. The number of aromatic nitrogens is 2. The predicted octanol–water partition coefficient (Wildman–Crippen LogP) is 2.99. The highest BCUT2D eigenvalue weighted by Gasteiger charge is 2.44. The van der Waals surface area contributed by atoms with Crippen LogP contribution in [0.5, 0.6) is 0 Å². The highest BCUT2D eigenvalue weighted by Crippen LogP contribution is 2.32. The van der Waals surface area contributed by atoms with Gasteiger partial charge in [0, 0.05) is 57.1 Å². The molecule has 0 bridgehead atoms. The van der Waals surface area contributed by atoms with E-state index >= 15 is 0 Å². The molecule has 4 N–H and O–H groups in total. The zero-order valence-corrected chi connectivity index (χ0v) is 28.8. The number of fused-ring (bicyclic) bond motifs is 2. The first-order chi connectivity index (χ1) is 24.7. The van der Waals surface area contributed by atoms with Crippen LogP contribution in [0.3, 0.4) is 0 Å². The molecule has 266 valence electrons. The Morgan fingerprint density at radius 3 is 2.31 bits per heavy atom. The van der Waals surface area contributed by atoms with E-state index in [4.69, 9.17) is 5.73 Å². The molecule has 14 nitrogen and oxygen atoms in total. The Balaban J connectivity index is 0.000000160. The molecular formula is C37H43N9O5. The second kappa shape index (κ2) is 14.5. The van der Waals surface area contributed by atoms with Gasteiger partial charge >= 0.3 is 0 Å². The van der Waals surface area contributed by atoms with Crippen LogP contribution >= 0.6 is 0 Å². The number of nitrogens with one attached hydrogen (secondary N) is 2. The minimum Gasteiger partial charge on any atom is -0.372 e. The number of hydrogen-bond donors (Lipinski definition) is 3. The van der Waals surface area contributed by atoms with Crippen molar-refractivity contribution in [3.8, 4) is 0 Å². The molecule has 5 aliphatic heterocycles. The molecule has 0 spiro atoms. The van der Waals surface area contributed by atoms with E-state index in [9.17, 15) is 24.0 Å². The number of hydrogen-bond acceptors (Lipinski definition) is 11. The molecular weight excluding hydrogens is 650 g/mol. The zero-order chi connectivity index (χ0) is 35.6. The third-order valence-corrected chi connectivity index (χ3v) is 10.2. The highest BCUT2D eigenvalue weighted by molar-refractivity contribution is 6.23. The van der Waals surface area contributed by atoms with Crippen molar-refractivity contribution in [3.63, 3.8) is 0 Å².